The molecule has 1 amide bonds. The number of amidine groups is 1. The molecule has 10 heteroatoms. The normalized spacial score (nSPS) is 26.2. The standard InChI is InChI=1S/C22H35FN4O3SSi/c1-21(2,3)18(30-8-9-32(5,6)7)27(20(28)29)19-26-22(4,14-11-16(14)31-19)15-10-13(24)12-25-17(15)23/h10,12,14,16,18H,8-9,11,24H2,1-7H3,(H,28,29)/t14-,16+,18?,22+/m1/s1. The monoisotopic (exact) mass is 482 g/mol. The van der Waals surface area contributed by atoms with Crippen LogP contribution in [-0.4, -0.2) is 52.4 Å². The van der Waals surface area contributed by atoms with Crippen molar-refractivity contribution in [3.63, 3.8) is 0 Å². The predicted molar refractivity (Wildman–Crippen MR) is 130 cm³/mol. The Bertz CT molecular complexity index is 917. The van der Waals surface area contributed by atoms with E-state index in [-0.39, 0.29) is 11.2 Å². The number of pyridine rings is 1. The van der Waals surface area contributed by atoms with E-state index in [0.717, 1.165) is 12.5 Å². The molecule has 0 bridgehead atoms. The molecule has 3 N–H and O–H groups in total. The highest BCUT2D eigenvalue weighted by Crippen LogP contribution is 2.58. The maximum absolute atomic E-state index is 14.7. The van der Waals surface area contributed by atoms with E-state index in [1.165, 1.54) is 22.9 Å². The summed E-state index contributed by atoms with van der Waals surface area (Å²) in [4.78, 5) is 22.3. The van der Waals surface area contributed by atoms with E-state index in [1.54, 1.807) is 6.07 Å². The lowest BCUT2D eigenvalue weighted by Gasteiger charge is -2.41. The molecular weight excluding hydrogens is 447 g/mol. The first-order valence-corrected chi connectivity index (χ1v) is 15.5. The molecule has 2 aliphatic rings. The van der Waals surface area contributed by atoms with Gasteiger partial charge < -0.3 is 15.6 Å². The third-order valence-corrected chi connectivity index (χ3v) is 8.99. The second-order valence-corrected chi connectivity index (χ2v) is 18.0. The van der Waals surface area contributed by atoms with E-state index in [2.05, 4.69) is 24.6 Å². The first-order valence-electron chi connectivity index (χ1n) is 11.0. The highest BCUT2D eigenvalue weighted by Gasteiger charge is 2.58. The number of aromatic nitrogens is 1. The number of ether oxygens (including phenoxy) is 1. The number of carbonyl (C=O) groups is 1. The van der Waals surface area contributed by atoms with Gasteiger partial charge in [-0.1, -0.05) is 52.2 Å². The summed E-state index contributed by atoms with van der Waals surface area (Å²) in [5.74, 6) is -0.520. The minimum absolute atomic E-state index is 0.103. The quantitative estimate of drug-likeness (QED) is 0.328. The molecule has 1 aliphatic carbocycles. The minimum atomic E-state index is -1.35. The lowest BCUT2D eigenvalue weighted by molar-refractivity contribution is -0.0760. The van der Waals surface area contributed by atoms with Crippen LogP contribution in [0.5, 0.6) is 0 Å². The topological polar surface area (TPSA) is 101 Å². The van der Waals surface area contributed by atoms with E-state index in [4.69, 9.17) is 15.5 Å². The first-order chi connectivity index (χ1) is 14.6. The van der Waals surface area contributed by atoms with Crippen LogP contribution in [0.2, 0.25) is 25.7 Å². The molecule has 0 spiro atoms. The van der Waals surface area contributed by atoms with Crippen LogP contribution in [0.25, 0.3) is 0 Å². The van der Waals surface area contributed by atoms with Crippen LogP contribution in [0.4, 0.5) is 14.9 Å². The van der Waals surface area contributed by atoms with E-state index in [1.807, 2.05) is 27.7 Å². The lowest BCUT2D eigenvalue weighted by Crippen LogP contribution is -2.52. The Balaban J connectivity index is 2.00. The van der Waals surface area contributed by atoms with Gasteiger partial charge in [-0.05, 0) is 25.5 Å². The van der Waals surface area contributed by atoms with Crippen molar-refractivity contribution in [2.75, 3.05) is 12.3 Å². The van der Waals surface area contributed by atoms with Crippen LogP contribution in [0.15, 0.2) is 17.3 Å². The fourth-order valence-electron chi connectivity index (χ4n) is 4.00. The summed E-state index contributed by atoms with van der Waals surface area (Å²) in [6.07, 6.45) is 0.259. The van der Waals surface area contributed by atoms with Crippen molar-refractivity contribution >= 4 is 36.8 Å². The average Bonchev–Trinajstić information content (AvgIpc) is 3.41. The number of thioether (sulfide) groups is 1. The molecule has 32 heavy (non-hydrogen) atoms. The number of halogens is 1. The van der Waals surface area contributed by atoms with Gasteiger partial charge in [-0.15, -0.1) is 0 Å². The molecule has 7 nitrogen and oxygen atoms in total. The summed E-state index contributed by atoms with van der Waals surface area (Å²) in [6, 6.07) is 2.49. The number of aliphatic imine (C=N–C) groups is 1. The fourth-order valence-corrected chi connectivity index (χ4v) is 6.26. The van der Waals surface area contributed by atoms with Crippen molar-refractivity contribution in [3.8, 4) is 0 Å². The Hall–Kier alpha value is -1.65. The van der Waals surface area contributed by atoms with Crippen molar-refractivity contribution < 1.29 is 19.0 Å². The van der Waals surface area contributed by atoms with E-state index in [9.17, 15) is 14.3 Å². The Morgan fingerprint density at radius 3 is 2.69 bits per heavy atom. The summed E-state index contributed by atoms with van der Waals surface area (Å²) < 4.78 is 20.9. The number of amides is 1. The number of rotatable bonds is 6. The molecule has 1 aromatic heterocycles. The van der Waals surface area contributed by atoms with Crippen LogP contribution >= 0.6 is 11.8 Å². The van der Waals surface area contributed by atoms with E-state index in [0.29, 0.717) is 23.0 Å². The summed E-state index contributed by atoms with van der Waals surface area (Å²) in [5, 5.41) is 10.7. The van der Waals surface area contributed by atoms with Crippen LogP contribution in [0.3, 0.4) is 0 Å². The Labute approximate surface area is 195 Å². The molecule has 178 valence electrons. The number of carboxylic acid groups (broad SMARTS) is 1. The van der Waals surface area contributed by atoms with E-state index < -0.39 is 37.3 Å². The first kappa shape index (κ1) is 25.0. The molecular formula is C22H35FN4O3SSi. The summed E-state index contributed by atoms with van der Waals surface area (Å²) in [6.45, 7) is 15.0. The molecule has 1 aliphatic heterocycles. The highest BCUT2D eigenvalue weighted by atomic mass is 32.2. The van der Waals surface area contributed by atoms with Crippen molar-refractivity contribution in [3.05, 3.63) is 23.8 Å². The third-order valence-electron chi connectivity index (χ3n) is 5.96. The van der Waals surface area contributed by atoms with Gasteiger partial charge in [0.1, 0.15) is 6.23 Å². The molecule has 0 radical (unpaired) electrons. The number of nitrogens with zero attached hydrogens (tertiary/aromatic N) is 3. The van der Waals surface area contributed by atoms with Gasteiger partial charge in [0.05, 0.1) is 17.4 Å². The molecule has 0 saturated heterocycles. The maximum atomic E-state index is 14.7. The zero-order chi connectivity index (χ0) is 24.1. The summed E-state index contributed by atoms with van der Waals surface area (Å²) >= 11 is 1.44. The van der Waals surface area contributed by atoms with Crippen LogP contribution in [-0.2, 0) is 10.3 Å². The van der Waals surface area contributed by atoms with Crippen LogP contribution in [0.1, 0.15) is 39.7 Å². The van der Waals surface area contributed by atoms with Gasteiger partial charge in [-0.3, -0.25) is 4.99 Å². The molecule has 1 saturated carbocycles. The van der Waals surface area contributed by atoms with Crippen LogP contribution < -0.4 is 5.73 Å². The number of hydrogen-bond acceptors (Lipinski definition) is 6. The Kier molecular flexibility index (Phi) is 6.72. The fraction of sp³-hybridized carbons (Fsp3) is 0.682. The Morgan fingerprint density at radius 1 is 1.47 bits per heavy atom. The molecule has 4 atom stereocenters. The molecule has 0 aromatic carbocycles. The molecule has 1 unspecified atom stereocenters. The van der Waals surface area contributed by atoms with Crippen molar-refractivity contribution in [2.24, 2.45) is 16.3 Å². The zero-order valence-corrected chi connectivity index (χ0v) is 21.8. The zero-order valence-electron chi connectivity index (χ0n) is 20.0. The smallest absolute Gasteiger partial charge is 0.415 e. The van der Waals surface area contributed by atoms with Gasteiger partial charge >= 0.3 is 6.09 Å². The SMILES string of the molecule is CC(C)(C)C(OCC[Si](C)(C)C)N(C(=O)O)C1=N[C@](C)(c2cc(N)cnc2F)[C@@H]2C[C@@H]2S1. The van der Waals surface area contributed by atoms with Gasteiger partial charge in [0.2, 0.25) is 5.95 Å². The number of nitrogen functional groups attached to an aromatic ring is 1. The molecule has 1 fully saturated rings. The molecule has 3 rings (SSSR count). The minimum Gasteiger partial charge on any atom is -0.465 e. The van der Waals surface area contributed by atoms with Gasteiger partial charge in [0.15, 0.2) is 5.17 Å². The number of nitrogens with two attached hydrogens (primary N) is 1. The third kappa shape index (κ3) is 5.28. The van der Waals surface area contributed by atoms with E-state index >= 15 is 0 Å². The molecule has 2 heterocycles. The van der Waals surface area contributed by atoms with Crippen molar-refractivity contribution in [1.29, 1.82) is 0 Å². The highest BCUT2D eigenvalue weighted by molar-refractivity contribution is 8.14. The van der Waals surface area contributed by atoms with Crippen molar-refractivity contribution in [2.45, 2.75) is 76.8 Å². The van der Waals surface area contributed by atoms with Gasteiger partial charge in [0, 0.05) is 36.8 Å². The van der Waals surface area contributed by atoms with Crippen molar-refractivity contribution in [1.82, 2.24) is 9.88 Å². The Morgan fingerprint density at radius 2 is 2.12 bits per heavy atom. The largest absolute Gasteiger partial charge is 0.465 e. The van der Waals surface area contributed by atoms with Gasteiger partial charge in [-0.25, -0.2) is 14.7 Å². The van der Waals surface area contributed by atoms with Gasteiger partial charge in [0.25, 0.3) is 0 Å². The average molecular weight is 483 g/mol. The maximum Gasteiger partial charge on any atom is 0.415 e. The predicted octanol–water partition coefficient (Wildman–Crippen LogP) is 5.22. The second-order valence-electron chi connectivity index (χ2n) is 11.2. The lowest BCUT2D eigenvalue weighted by atomic mass is 9.88. The second kappa shape index (κ2) is 8.61. The number of anilines is 1. The van der Waals surface area contributed by atoms with Gasteiger partial charge in [-0.2, -0.15) is 4.39 Å². The van der Waals surface area contributed by atoms with Crippen LogP contribution in [0, 0.1) is 17.3 Å². The molecule has 1 aromatic rings. The number of hydrogen-bond donors (Lipinski definition) is 2. The number of fused-ring (bicyclic) bond motifs is 1. The summed E-state index contributed by atoms with van der Waals surface area (Å²) in [7, 11) is -1.35. The summed E-state index contributed by atoms with van der Waals surface area (Å²) in [5.41, 5.74) is 5.12.